The summed E-state index contributed by atoms with van der Waals surface area (Å²) in [7, 11) is 0. The van der Waals surface area contributed by atoms with Crippen LogP contribution >= 0.6 is 0 Å². The summed E-state index contributed by atoms with van der Waals surface area (Å²) in [6.45, 7) is 14.6. The zero-order chi connectivity index (χ0) is 31.6. The molecule has 2 aromatic carbocycles. The predicted octanol–water partition coefficient (Wildman–Crippen LogP) is 4.97. The van der Waals surface area contributed by atoms with Crippen molar-refractivity contribution in [2.75, 3.05) is 36.0 Å². The van der Waals surface area contributed by atoms with Gasteiger partial charge < -0.3 is 24.5 Å². The summed E-state index contributed by atoms with van der Waals surface area (Å²) in [5.74, 6) is -2.18. The van der Waals surface area contributed by atoms with Crippen LogP contribution in [0.5, 0.6) is 0 Å². The number of benzene rings is 2. The Labute approximate surface area is 261 Å². The molecule has 3 aliphatic rings. The van der Waals surface area contributed by atoms with Gasteiger partial charge in [-0.15, -0.1) is 13.2 Å². The van der Waals surface area contributed by atoms with Gasteiger partial charge in [0.25, 0.3) is 5.91 Å². The molecule has 0 saturated carbocycles. The van der Waals surface area contributed by atoms with Crippen LogP contribution in [-0.4, -0.2) is 71.2 Å². The number of unbranched alkanes of at least 4 members (excludes halogenated alkanes) is 1. The highest BCUT2D eigenvalue weighted by Crippen LogP contribution is 2.65. The normalized spacial score (nSPS) is 26.9. The van der Waals surface area contributed by atoms with Crippen molar-refractivity contribution >= 4 is 29.1 Å². The van der Waals surface area contributed by atoms with Crippen LogP contribution in [-0.2, 0) is 19.1 Å². The number of ether oxygens (including phenoxy) is 1. The fraction of sp³-hybridized carbons (Fsp3) is 0.472. The van der Waals surface area contributed by atoms with Gasteiger partial charge in [-0.3, -0.25) is 14.4 Å². The number of amides is 3. The van der Waals surface area contributed by atoms with Crippen molar-refractivity contribution in [2.24, 2.45) is 11.8 Å². The van der Waals surface area contributed by atoms with E-state index in [1.807, 2.05) is 69.3 Å². The smallest absolute Gasteiger partial charge is 0.253 e. The Morgan fingerprint density at radius 2 is 1.64 bits per heavy atom. The molecule has 44 heavy (non-hydrogen) atoms. The van der Waals surface area contributed by atoms with Gasteiger partial charge in [0.2, 0.25) is 11.8 Å². The van der Waals surface area contributed by atoms with Gasteiger partial charge in [-0.2, -0.15) is 0 Å². The molecule has 0 aliphatic carbocycles. The van der Waals surface area contributed by atoms with Crippen LogP contribution in [0.4, 0.5) is 11.4 Å². The maximum absolute atomic E-state index is 14.9. The molecule has 8 heteroatoms. The molecule has 1 spiro atoms. The zero-order valence-electron chi connectivity index (χ0n) is 26.2. The number of rotatable bonds is 13. The molecular weight excluding hydrogens is 554 g/mol. The molecule has 1 N–H and O–H groups in total. The first-order chi connectivity index (χ1) is 21.2. The lowest BCUT2D eigenvalue weighted by molar-refractivity contribution is -0.146. The van der Waals surface area contributed by atoms with Gasteiger partial charge >= 0.3 is 0 Å². The first-order valence-corrected chi connectivity index (χ1v) is 15.8. The molecule has 3 amide bonds. The molecular formula is C36H45N3O5. The Morgan fingerprint density at radius 3 is 2.25 bits per heavy atom. The summed E-state index contributed by atoms with van der Waals surface area (Å²) in [4.78, 5) is 49.3. The van der Waals surface area contributed by atoms with Crippen LogP contribution in [0.2, 0.25) is 0 Å². The van der Waals surface area contributed by atoms with Crippen molar-refractivity contribution < 1.29 is 24.2 Å². The number of aliphatic hydroxyl groups excluding tert-OH is 1. The number of nitrogens with zero attached hydrogens (tertiary/aromatic N) is 3. The van der Waals surface area contributed by atoms with E-state index in [9.17, 15) is 19.5 Å². The van der Waals surface area contributed by atoms with Gasteiger partial charge in [-0.05, 0) is 69.2 Å². The highest BCUT2D eigenvalue weighted by atomic mass is 16.5. The number of aliphatic hydroxyl groups is 1. The number of hydrogen-bond acceptors (Lipinski definition) is 5. The lowest BCUT2D eigenvalue weighted by Crippen LogP contribution is -2.57. The standard InChI is InChI=1S/C36H45N3O5/c1-6-21-37(27-17-10-9-11-18-27)32(41)28-29-33(42)39(23-12-13-24-40)31(36(29)20-19-35(28,8-3)44-36)34(43)38(22-7-2)30-25(4)15-14-16-26(30)5/h6-7,9-11,14-18,28-29,31,40H,1-2,8,12-13,19-24H2,3-5H3/t28-,29-,31?,35+,36?/m0/s1. The monoisotopic (exact) mass is 599 g/mol. The van der Waals surface area contributed by atoms with Gasteiger partial charge in [-0.1, -0.05) is 55.5 Å². The molecule has 0 radical (unpaired) electrons. The van der Waals surface area contributed by atoms with Crippen molar-refractivity contribution in [1.82, 2.24) is 4.90 Å². The third kappa shape index (κ3) is 4.98. The van der Waals surface area contributed by atoms with Crippen LogP contribution in [0.15, 0.2) is 73.8 Å². The van der Waals surface area contributed by atoms with E-state index in [2.05, 4.69) is 13.2 Å². The van der Waals surface area contributed by atoms with Gasteiger partial charge in [-0.25, -0.2) is 0 Å². The largest absolute Gasteiger partial charge is 0.396 e. The van der Waals surface area contributed by atoms with Gasteiger partial charge in [0, 0.05) is 37.6 Å². The quantitative estimate of drug-likeness (QED) is 0.260. The summed E-state index contributed by atoms with van der Waals surface area (Å²) < 4.78 is 7.03. The third-order valence-corrected chi connectivity index (χ3v) is 9.92. The minimum atomic E-state index is -1.14. The van der Waals surface area contributed by atoms with Crippen molar-refractivity contribution in [3.8, 4) is 0 Å². The third-order valence-electron chi connectivity index (χ3n) is 9.92. The second-order valence-corrected chi connectivity index (χ2v) is 12.3. The highest BCUT2D eigenvalue weighted by molar-refractivity contribution is 6.07. The molecule has 8 nitrogen and oxygen atoms in total. The minimum absolute atomic E-state index is 0.00957. The second-order valence-electron chi connectivity index (χ2n) is 12.3. The summed E-state index contributed by atoms with van der Waals surface area (Å²) in [6.07, 6.45) is 6.06. The van der Waals surface area contributed by atoms with E-state index in [1.54, 1.807) is 26.9 Å². The SMILES string of the molecule is C=CCN(C(=O)[C@@H]1[C@H]2C(=O)N(CCCCO)C(C(=O)N(CC=C)c3c(C)cccc3C)C23CC[C@@]1(CC)O3)c1ccccc1. The number of hydrogen-bond donors (Lipinski definition) is 1. The zero-order valence-corrected chi connectivity index (χ0v) is 26.2. The Morgan fingerprint density at radius 1 is 0.977 bits per heavy atom. The van der Waals surface area contributed by atoms with Crippen LogP contribution in [0.3, 0.4) is 0 Å². The van der Waals surface area contributed by atoms with Crippen LogP contribution in [0, 0.1) is 25.7 Å². The second kappa shape index (κ2) is 12.7. The molecule has 0 aromatic heterocycles. The number of anilines is 2. The van der Waals surface area contributed by atoms with E-state index < -0.39 is 29.1 Å². The Balaban J connectivity index is 1.63. The maximum atomic E-state index is 14.9. The average Bonchev–Trinajstić information content (AvgIpc) is 3.63. The number of para-hydroxylation sites is 2. The number of aryl methyl sites for hydroxylation is 2. The lowest BCUT2D eigenvalue weighted by Gasteiger charge is -2.37. The Kier molecular flexibility index (Phi) is 9.14. The molecule has 3 heterocycles. The van der Waals surface area contributed by atoms with Gasteiger partial charge in [0.05, 0.1) is 17.4 Å². The Hall–Kier alpha value is -3.75. The first kappa shape index (κ1) is 31.7. The van der Waals surface area contributed by atoms with E-state index in [4.69, 9.17) is 4.74 Å². The van der Waals surface area contributed by atoms with E-state index in [0.717, 1.165) is 22.5 Å². The molecule has 2 unspecified atom stereocenters. The van der Waals surface area contributed by atoms with Gasteiger partial charge in [0.1, 0.15) is 11.6 Å². The number of fused-ring (bicyclic) bond motifs is 1. The fourth-order valence-corrected chi connectivity index (χ4v) is 8.03. The minimum Gasteiger partial charge on any atom is -0.396 e. The topological polar surface area (TPSA) is 90.4 Å². The van der Waals surface area contributed by atoms with Crippen molar-refractivity contribution in [3.63, 3.8) is 0 Å². The average molecular weight is 600 g/mol. The molecule has 5 rings (SSSR count). The summed E-state index contributed by atoms with van der Waals surface area (Å²) in [6, 6.07) is 14.4. The van der Waals surface area contributed by atoms with E-state index >= 15 is 0 Å². The van der Waals surface area contributed by atoms with E-state index in [-0.39, 0.29) is 37.4 Å². The molecule has 3 fully saturated rings. The maximum Gasteiger partial charge on any atom is 0.253 e. The first-order valence-electron chi connectivity index (χ1n) is 15.8. The molecule has 234 valence electrons. The number of likely N-dealkylation sites (tertiary alicyclic amines) is 1. The highest BCUT2D eigenvalue weighted by Gasteiger charge is 2.79. The fourth-order valence-electron chi connectivity index (χ4n) is 8.03. The van der Waals surface area contributed by atoms with E-state index in [0.29, 0.717) is 38.6 Å². The molecule has 2 aromatic rings. The summed E-state index contributed by atoms with van der Waals surface area (Å²) in [5.41, 5.74) is 1.42. The molecule has 2 bridgehead atoms. The van der Waals surface area contributed by atoms with Crippen molar-refractivity contribution in [2.45, 2.75) is 70.1 Å². The summed E-state index contributed by atoms with van der Waals surface area (Å²) >= 11 is 0. The van der Waals surface area contributed by atoms with Crippen LogP contribution in [0.1, 0.15) is 50.2 Å². The number of carbonyl (C=O) groups is 3. The molecule has 5 atom stereocenters. The molecule has 3 aliphatic heterocycles. The predicted molar refractivity (Wildman–Crippen MR) is 172 cm³/mol. The van der Waals surface area contributed by atoms with Crippen LogP contribution < -0.4 is 9.80 Å². The van der Waals surface area contributed by atoms with E-state index in [1.165, 1.54) is 0 Å². The lowest BCUT2D eigenvalue weighted by atomic mass is 9.64. The summed E-state index contributed by atoms with van der Waals surface area (Å²) in [5, 5.41) is 9.54. The number of carbonyl (C=O) groups excluding carboxylic acids is 3. The Bertz CT molecular complexity index is 1410. The van der Waals surface area contributed by atoms with Crippen LogP contribution in [0.25, 0.3) is 0 Å². The van der Waals surface area contributed by atoms with Crippen molar-refractivity contribution in [1.29, 1.82) is 0 Å². The van der Waals surface area contributed by atoms with Crippen molar-refractivity contribution in [3.05, 3.63) is 85.0 Å². The molecule has 3 saturated heterocycles. The van der Waals surface area contributed by atoms with Gasteiger partial charge in [0.15, 0.2) is 0 Å².